The highest BCUT2D eigenvalue weighted by Gasteiger charge is 2.16. The second-order valence-electron chi connectivity index (χ2n) is 3.84. The minimum Gasteiger partial charge on any atom is -0.496 e. The van der Waals surface area contributed by atoms with Gasteiger partial charge >= 0.3 is 0 Å². The van der Waals surface area contributed by atoms with Crippen molar-refractivity contribution in [2.45, 2.75) is 31.6 Å². The molecule has 0 N–H and O–H groups in total. The Kier molecular flexibility index (Phi) is 6.14. The largest absolute Gasteiger partial charge is 0.496 e. The first-order chi connectivity index (χ1) is 8.13. The van der Waals surface area contributed by atoms with E-state index in [9.17, 15) is 0 Å². The molecule has 0 heterocycles. The van der Waals surface area contributed by atoms with Crippen molar-refractivity contribution >= 4 is 27.5 Å². The smallest absolute Gasteiger partial charge is 0.133 e. The minimum atomic E-state index is -0.0353. The fourth-order valence-electron chi connectivity index (χ4n) is 1.67. The maximum absolute atomic E-state index is 6.40. The molecule has 0 radical (unpaired) electrons. The Bertz CT molecular complexity index is 369. The monoisotopic (exact) mass is 320 g/mol. The summed E-state index contributed by atoms with van der Waals surface area (Å²) in [5.41, 5.74) is 0.989. The van der Waals surface area contributed by atoms with E-state index < -0.39 is 0 Å². The van der Waals surface area contributed by atoms with Crippen molar-refractivity contribution in [2.24, 2.45) is 0 Å². The Balaban J connectivity index is 3.02. The van der Waals surface area contributed by atoms with Gasteiger partial charge < -0.3 is 9.47 Å². The second kappa shape index (κ2) is 7.12. The number of hydrogen-bond acceptors (Lipinski definition) is 2. The standard InChI is InChI=1S/C13H18BrClO2/c1-4-5-6-11(15)9-7-13(17-3)10(14)8-12(9)16-2/h7-8,11H,4-6H2,1-3H3. The summed E-state index contributed by atoms with van der Waals surface area (Å²) in [5.74, 6) is 1.58. The summed E-state index contributed by atoms with van der Waals surface area (Å²) >= 11 is 9.84. The molecule has 0 aliphatic heterocycles. The van der Waals surface area contributed by atoms with Crippen molar-refractivity contribution in [3.8, 4) is 11.5 Å². The van der Waals surface area contributed by atoms with Crippen LogP contribution in [0.1, 0.15) is 37.1 Å². The lowest BCUT2D eigenvalue weighted by Gasteiger charge is -2.16. The van der Waals surface area contributed by atoms with Crippen LogP contribution in [0.3, 0.4) is 0 Å². The van der Waals surface area contributed by atoms with Crippen LogP contribution in [0.4, 0.5) is 0 Å². The molecular weight excluding hydrogens is 303 g/mol. The molecule has 0 bridgehead atoms. The Labute approximate surface area is 116 Å². The summed E-state index contributed by atoms with van der Waals surface area (Å²) in [4.78, 5) is 0. The molecule has 0 saturated carbocycles. The Morgan fingerprint density at radius 2 is 1.88 bits per heavy atom. The van der Waals surface area contributed by atoms with Gasteiger partial charge in [0.25, 0.3) is 0 Å². The second-order valence-corrected chi connectivity index (χ2v) is 5.22. The van der Waals surface area contributed by atoms with Crippen molar-refractivity contribution in [1.29, 1.82) is 0 Å². The van der Waals surface area contributed by atoms with Gasteiger partial charge in [-0.1, -0.05) is 19.8 Å². The summed E-state index contributed by atoms with van der Waals surface area (Å²) < 4.78 is 11.5. The van der Waals surface area contributed by atoms with Gasteiger partial charge in [-0.2, -0.15) is 0 Å². The normalized spacial score (nSPS) is 12.3. The van der Waals surface area contributed by atoms with Gasteiger partial charge in [0.15, 0.2) is 0 Å². The third-order valence-corrected chi connectivity index (χ3v) is 3.73. The summed E-state index contributed by atoms with van der Waals surface area (Å²) in [6.07, 6.45) is 3.19. The zero-order valence-corrected chi connectivity index (χ0v) is 12.8. The van der Waals surface area contributed by atoms with Crippen LogP contribution < -0.4 is 9.47 Å². The van der Waals surface area contributed by atoms with Crippen molar-refractivity contribution in [1.82, 2.24) is 0 Å². The zero-order chi connectivity index (χ0) is 12.8. The van der Waals surface area contributed by atoms with Gasteiger partial charge in [0.05, 0.1) is 24.1 Å². The van der Waals surface area contributed by atoms with Gasteiger partial charge in [0.1, 0.15) is 11.5 Å². The summed E-state index contributed by atoms with van der Waals surface area (Å²) in [5, 5.41) is -0.0353. The van der Waals surface area contributed by atoms with E-state index in [0.29, 0.717) is 0 Å². The van der Waals surface area contributed by atoms with Crippen LogP contribution in [-0.4, -0.2) is 14.2 Å². The lowest BCUT2D eigenvalue weighted by atomic mass is 10.1. The number of ether oxygens (including phenoxy) is 2. The van der Waals surface area contributed by atoms with Gasteiger partial charge in [-0.3, -0.25) is 0 Å². The first-order valence-corrected chi connectivity index (χ1v) is 6.92. The molecule has 1 aromatic rings. The Hall–Kier alpha value is -0.410. The third-order valence-electron chi connectivity index (χ3n) is 2.65. The fourth-order valence-corrected chi connectivity index (χ4v) is 2.48. The van der Waals surface area contributed by atoms with E-state index in [1.54, 1.807) is 14.2 Å². The molecule has 2 nitrogen and oxygen atoms in total. The van der Waals surface area contributed by atoms with Crippen LogP contribution in [0.2, 0.25) is 0 Å². The van der Waals surface area contributed by atoms with Gasteiger partial charge in [0, 0.05) is 5.56 Å². The molecule has 96 valence electrons. The van der Waals surface area contributed by atoms with Gasteiger partial charge in [-0.25, -0.2) is 0 Å². The Morgan fingerprint density at radius 1 is 1.24 bits per heavy atom. The first-order valence-electron chi connectivity index (χ1n) is 5.69. The zero-order valence-electron chi connectivity index (χ0n) is 10.4. The van der Waals surface area contributed by atoms with Crippen LogP contribution in [-0.2, 0) is 0 Å². The van der Waals surface area contributed by atoms with E-state index in [2.05, 4.69) is 22.9 Å². The molecule has 1 rings (SSSR count). The van der Waals surface area contributed by atoms with Gasteiger partial charge in [-0.05, 0) is 34.5 Å². The number of rotatable bonds is 6. The Morgan fingerprint density at radius 3 is 2.41 bits per heavy atom. The van der Waals surface area contributed by atoms with Crippen molar-refractivity contribution in [3.05, 3.63) is 22.2 Å². The highest BCUT2D eigenvalue weighted by atomic mass is 79.9. The predicted octanol–water partition coefficient (Wildman–Crippen LogP) is 4.94. The number of alkyl halides is 1. The lowest BCUT2D eigenvalue weighted by molar-refractivity contribution is 0.395. The average Bonchev–Trinajstić information content (AvgIpc) is 2.35. The molecule has 4 heteroatoms. The molecule has 1 atom stereocenters. The molecule has 0 saturated heterocycles. The molecular formula is C13H18BrClO2. The summed E-state index contributed by atoms with van der Waals surface area (Å²) in [6.45, 7) is 2.16. The molecule has 17 heavy (non-hydrogen) atoms. The molecule has 0 spiro atoms. The van der Waals surface area contributed by atoms with Crippen molar-refractivity contribution in [3.63, 3.8) is 0 Å². The lowest BCUT2D eigenvalue weighted by Crippen LogP contribution is -1.98. The molecule has 1 unspecified atom stereocenters. The van der Waals surface area contributed by atoms with E-state index in [-0.39, 0.29) is 5.38 Å². The number of hydrogen-bond donors (Lipinski definition) is 0. The van der Waals surface area contributed by atoms with E-state index in [1.165, 1.54) is 0 Å². The number of methoxy groups -OCH3 is 2. The third kappa shape index (κ3) is 3.78. The van der Waals surface area contributed by atoms with Crippen LogP contribution in [0.5, 0.6) is 11.5 Å². The predicted molar refractivity (Wildman–Crippen MR) is 75.4 cm³/mol. The van der Waals surface area contributed by atoms with Crippen LogP contribution in [0, 0.1) is 0 Å². The summed E-state index contributed by atoms with van der Waals surface area (Å²) in [6, 6.07) is 3.84. The number of benzene rings is 1. The van der Waals surface area contributed by atoms with E-state index in [0.717, 1.165) is 40.8 Å². The maximum atomic E-state index is 6.40. The fraction of sp³-hybridized carbons (Fsp3) is 0.538. The number of halogens is 2. The molecule has 1 aromatic carbocycles. The average molecular weight is 322 g/mol. The summed E-state index contributed by atoms with van der Waals surface area (Å²) in [7, 11) is 3.30. The van der Waals surface area contributed by atoms with E-state index in [1.807, 2.05) is 12.1 Å². The topological polar surface area (TPSA) is 18.5 Å². The highest BCUT2D eigenvalue weighted by molar-refractivity contribution is 9.10. The number of unbranched alkanes of at least 4 members (excludes halogenated alkanes) is 1. The van der Waals surface area contributed by atoms with Gasteiger partial charge in [0.2, 0.25) is 0 Å². The van der Waals surface area contributed by atoms with E-state index >= 15 is 0 Å². The first kappa shape index (κ1) is 14.7. The van der Waals surface area contributed by atoms with Crippen molar-refractivity contribution < 1.29 is 9.47 Å². The molecule has 0 amide bonds. The quantitative estimate of drug-likeness (QED) is 0.691. The SMILES string of the molecule is CCCCC(Cl)c1cc(OC)c(Br)cc1OC. The van der Waals surface area contributed by atoms with Crippen molar-refractivity contribution in [2.75, 3.05) is 14.2 Å². The maximum Gasteiger partial charge on any atom is 0.133 e. The van der Waals surface area contributed by atoms with E-state index in [4.69, 9.17) is 21.1 Å². The van der Waals surface area contributed by atoms with Gasteiger partial charge in [-0.15, -0.1) is 11.6 Å². The molecule has 0 aliphatic carbocycles. The molecule has 0 fully saturated rings. The minimum absolute atomic E-state index is 0.0353. The molecule has 0 aromatic heterocycles. The molecule has 0 aliphatic rings. The highest BCUT2D eigenvalue weighted by Crippen LogP contribution is 2.39. The van der Waals surface area contributed by atoms with Crippen LogP contribution >= 0.6 is 27.5 Å². The van der Waals surface area contributed by atoms with Crippen LogP contribution in [0.25, 0.3) is 0 Å². The van der Waals surface area contributed by atoms with Crippen LogP contribution in [0.15, 0.2) is 16.6 Å².